The van der Waals surface area contributed by atoms with E-state index < -0.39 is 0 Å². The molecule has 1 N–H and O–H groups in total. The van der Waals surface area contributed by atoms with Gasteiger partial charge in [-0.15, -0.1) is 0 Å². The van der Waals surface area contributed by atoms with Gasteiger partial charge in [0, 0.05) is 31.9 Å². The third kappa shape index (κ3) is 5.26. The van der Waals surface area contributed by atoms with Crippen molar-refractivity contribution >= 4 is 23.1 Å². The number of nitrogens with one attached hydrogen (secondary N) is 1. The van der Waals surface area contributed by atoms with E-state index in [0.717, 1.165) is 51.4 Å². The number of hydrogen-bond acceptors (Lipinski definition) is 6. The number of imide groups is 1. The van der Waals surface area contributed by atoms with Crippen LogP contribution in [0.15, 0.2) is 54.2 Å². The molecular formula is C26H31N3O4. The minimum Gasteiger partial charge on any atom is -0.497 e. The lowest BCUT2D eigenvalue weighted by molar-refractivity contribution is -0.136. The van der Waals surface area contributed by atoms with Gasteiger partial charge in [0.1, 0.15) is 11.4 Å². The van der Waals surface area contributed by atoms with Crippen LogP contribution in [-0.2, 0) is 20.7 Å². The van der Waals surface area contributed by atoms with Gasteiger partial charge in [0.25, 0.3) is 11.8 Å². The molecule has 0 aliphatic carbocycles. The quantitative estimate of drug-likeness (QED) is 0.593. The first kappa shape index (κ1) is 23.0. The summed E-state index contributed by atoms with van der Waals surface area (Å²) in [7, 11) is 1.60. The average Bonchev–Trinajstić information content (AvgIpc) is 3.09. The Morgan fingerprint density at radius 3 is 2.27 bits per heavy atom. The number of rotatable bonds is 9. The van der Waals surface area contributed by atoms with Crippen LogP contribution in [0.3, 0.4) is 0 Å². The molecule has 174 valence electrons. The van der Waals surface area contributed by atoms with E-state index in [1.54, 1.807) is 19.2 Å². The van der Waals surface area contributed by atoms with Gasteiger partial charge < -0.3 is 14.8 Å². The molecule has 2 aliphatic rings. The van der Waals surface area contributed by atoms with E-state index in [1.807, 2.05) is 36.4 Å². The first-order chi connectivity index (χ1) is 16.1. The van der Waals surface area contributed by atoms with Crippen LogP contribution in [0, 0.1) is 0 Å². The molecule has 2 aromatic carbocycles. The van der Waals surface area contributed by atoms with E-state index in [-0.39, 0.29) is 11.8 Å². The number of carbonyl (C=O) groups excluding carboxylic acids is 2. The van der Waals surface area contributed by atoms with E-state index in [9.17, 15) is 9.59 Å². The molecule has 33 heavy (non-hydrogen) atoms. The summed E-state index contributed by atoms with van der Waals surface area (Å²) in [5.41, 5.74) is 3.40. The summed E-state index contributed by atoms with van der Waals surface area (Å²) >= 11 is 0. The fourth-order valence-electron chi connectivity index (χ4n) is 4.17. The summed E-state index contributed by atoms with van der Waals surface area (Å²) in [6, 6.07) is 15.2. The fourth-order valence-corrected chi connectivity index (χ4v) is 4.17. The van der Waals surface area contributed by atoms with Crippen LogP contribution < -0.4 is 10.1 Å². The Morgan fingerprint density at radius 1 is 0.939 bits per heavy atom. The van der Waals surface area contributed by atoms with Crippen molar-refractivity contribution < 1.29 is 19.1 Å². The van der Waals surface area contributed by atoms with Crippen molar-refractivity contribution in [3.8, 4) is 5.75 Å². The third-order valence-corrected chi connectivity index (χ3v) is 6.14. The molecule has 0 bridgehead atoms. The monoisotopic (exact) mass is 449 g/mol. The molecule has 0 unspecified atom stereocenters. The van der Waals surface area contributed by atoms with Crippen molar-refractivity contribution in [2.45, 2.75) is 19.8 Å². The molecule has 7 nitrogen and oxygen atoms in total. The van der Waals surface area contributed by atoms with E-state index in [2.05, 4.69) is 17.1 Å². The lowest BCUT2D eigenvalue weighted by atomic mass is 10.0. The summed E-state index contributed by atoms with van der Waals surface area (Å²) in [5.74, 6) is 0.148. The maximum Gasteiger partial charge on any atom is 0.278 e. The summed E-state index contributed by atoms with van der Waals surface area (Å²) in [5, 5.41) is 3.23. The van der Waals surface area contributed by atoms with Gasteiger partial charge >= 0.3 is 0 Å². The molecule has 2 aliphatic heterocycles. The zero-order valence-corrected chi connectivity index (χ0v) is 19.3. The number of carbonyl (C=O) groups is 2. The van der Waals surface area contributed by atoms with Crippen molar-refractivity contribution in [3.05, 3.63) is 65.4 Å². The van der Waals surface area contributed by atoms with Crippen LogP contribution in [-0.4, -0.2) is 68.1 Å². The van der Waals surface area contributed by atoms with E-state index in [4.69, 9.17) is 9.47 Å². The summed E-state index contributed by atoms with van der Waals surface area (Å²) in [6.07, 6.45) is 1.67. The molecule has 1 fully saturated rings. The van der Waals surface area contributed by atoms with Gasteiger partial charge in [0.15, 0.2) is 0 Å². The van der Waals surface area contributed by atoms with Crippen LogP contribution in [0.1, 0.15) is 24.5 Å². The second-order valence-electron chi connectivity index (χ2n) is 8.22. The van der Waals surface area contributed by atoms with Gasteiger partial charge in [-0.2, -0.15) is 0 Å². The van der Waals surface area contributed by atoms with E-state index >= 15 is 0 Å². The van der Waals surface area contributed by atoms with Gasteiger partial charge in [-0.1, -0.05) is 31.2 Å². The number of hydrogen-bond donors (Lipinski definition) is 1. The number of aryl methyl sites for hydroxylation is 1. The molecule has 0 spiro atoms. The molecule has 7 heteroatoms. The van der Waals surface area contributed by atoms with Crippen molar-refractivity contribution in [2.75, 3.05) is 51.8 Å². The predicted molar refractivity (Wildman–Crippen MR) is 128 cm³/mol. The third-order valence-electron chi connectivity index (χ3n) is 6.14. The molecular weight excluding hydrogens is 418 g/mol. The van der Waals surface area contributed by atoms with Gasteiger partial charge in [-0.05, 0) is 48.2 Å². The van der Waals surface area contributed by atoms with Crippen molar-refractivity contribution in [1.82, 2.24) is 9.80 Å². The Kier molecular flexibility index (Phi) is 7.42. The minimum atomic E-state index is -0.285. The molecule has 2 heterocycles. The first-order valence-corrected chi connectivity index (χ1v) is 11.5. The Hall–Kier alpha value is -3.16. The summed E-state index contributed by atoms with van der Waals surface area (Å²) in [4.78, 5) is 30.4. The van der Waals surface area contributed by atoms with E-state index in [1.165, 1.54) is 10.5 Å². The van der Waals surface area contributed by atoms with Gasteiger partial charge in [-0.25, -0.2) is 0 Å². The molecule has 2 amide bonds. The number of methoxy groups -OCH3 is 1. The van der Waals surface area contributed by atoms with Crippen LogP contribution in [0.25, 0.3) is 5.57 Å². The number of amides is 2. The zero-order chi connectivity index (χ0) is 23.2. The van der Waals surface area contributed by atoms with E-state index in [0.29, 0.717) is 29.1 Å². The number of anilines is 1. The highest BCUT2D eigenvalue weighted by molar-refractivity contribution is 6.36. The Balaban J connectivity index is 1.56. The van der Waals surface area contributed by atoms with Gasteiger partial charge in [0.2, 0.25) is 0 Å². The number of benzene rings is 2. The highest BCUT2D eigenvalue weighted by Crippen LogP contribution is 2.31. The molecule has 0 aromatic heterocycles. The molecule has 1 saturated heterocycles. The number of morpholine rings is 1. The summed E-state index contributed by atoms with van der Waals surface area (Å²) in [6.45, 7) is 6.55. The lowest BCUT2D eigenvalue weighted by Crippen LogP contribution is -2.39. The van der Waals surface area contributed by atoms with Crippen LogP contribution in [0.4, 0.5) is 5.69 Å². The second kappa shape index (κ2) is 10.6. The van der Waals surface area contributed by atoms with Gasteiger partial charge in [0.05, 0.1) is 25.9 Å². The Bertz CT molecular complexity index is 1010. The molecule has 0 saturated carbocycles. The molecule has 0 atom stereocenters. The largest absolute Gasteiger partial charge is 0.497 e. The molecule has 2 aromatic rings. The second-order valence-corrected chi connectivity index (χ2v) is 8.22. The smallest absolute Gasteiger partial charge is 0.278 e. The topological polar surface area (TPSA) is 71.1 Å². The predicted octanol–water partition coefficient (Wildman–Crippen LogP) is 3.17. The SMILES string of the molecule is CCc1ccc(NC2=C(c3ccc(OC)cc3)C(=O)N(CCCN3CCOCC3)C2=O)cc1. The lowest BCUT2D eigenvalue weighted by Gasteiger charge is -2.27. The molecule has 4 rings (SSSR count). The van der Waals surface area contributed by atoms with Crippen LogP contribution in [0.5, 0.6) is 5.75 Å². The fraction of sp³-hybridized carbons (Fsp3) is 0.385. The van der Waals surface area contributed by atoms with Crippen molar-refractivity contribution in [3.63, 3.8) is 0 Å². The Morgan fingerprint density at radius 2 is 1.64 bits per heavy atom. The Labute approximate surface area is 195 Å². The van der Waals surface area contributed by atoms with Crippen LogP contribution in [0.2, 0.25) is 0 Å². The highest BCUT2D eigenvalue weighted by atomic mass is 16.5. The number of ether oxygens (including phenoxy) is 2. The minimum absolute atomic E-state index is 0.264. The molecule has 0 radical (unpaired) electrons. The van der Waals surface area contributed by atoms with Crippen molar-refractivity contribution in [1.29, 1.82) is 0 Å². The number of nitrogens with zero attached hydrogens (tertiary/aromatic N) is 2. The highest BCUT2D eigenvalue weighted by Gasteiger charge is 2.39. The van der Waals surface area contributed by atoms with Crippen molar-refractivity contribution in [2.24, 2.45) is 0 Å². The van der Waals surface area contributed by atoms with Gasteiger partial charge in [-0.3, -0.25) is 19.4 Å². The zero-order valence-electron chi connectivity index (χ0n) is 19.3. The summed E-state index contributed by atoms with van der Waals surface area (Å²) < 4.78 is 10.6. The standard InChI is InChI=1S/C26H31N3O4/c1-3-19-5-9-21(10-6-19)27-24-23(20-7-11-22(32-2)12-8-20)25(30)29(26(24)31)14-4-13-28-15-17-33-18-16-28/h5-12,27H,3-4,13-18H2,1-2H3. The first-order valence-electron chi connectivity index (χ1n) is 11.5. The normalized spacial score (nSPS) is 17.1. The van der Waals surface area contributed by atoms with Crippen LogP contribution >= 0.6 is 0 Å². The maximum absolute atomic E-state index is 13.4. The maximum atomic E-state index is 13.4. The average molecular weight is 450 g/mol.